The Kier molecular flexibility index (Phi) is 3.76. The zero-order chi connectivity index (χ0) is 18.8. The molecule has 4 saturated carbocycles. The molecule has 0 radical (unpaired) electrons. The van der Waals surface area contributed by atoms with E-state index >= 15 is 0 Å². The van der Waals surface area contributed by atoms with Gasteiger partial charge in [-0.2, -0.15) is 0 Å². The zero-order valence-corrected chi connectivity index (χ0v) is 16.9. The number of anilines is 1. The van der Waals surface area contributed by atoms with Crippen molar-refractivity contribution >= 4 is 17.2 Å². The minimum atomic E-state index is -0.0637. The maximum Gasteiger partial charge on any atom is 0.163 e. The standard InChI is InChI=1S/C24H32N2O/c1-23(2)14-18-4-5-19(25-3)9-20(18)21(26-23)10-22(27)24-11-15-6-16(12-24)8-17(7-15)13-24/h4-5,9-10,15-17,25-26H,6-8,11-14H2,1-3H3. The Hall–Kier alpha value is -1.77. The number of carbonyl (C=O) groups is 1. The van der Waals surface area contributed by atoms with E-state index in [1.807, 2.05) is 13.1 Å². The van der Waals surface area contributed by atoms with Gasteiger partial charge in [0.2, 0.25) is 0 Å². The molecule has 6 rings (SSSR count). The fourth-order valence-electron chi connectivity index (χ4n) is 6.90. The molecule has 0 aromatic heterocycles. The van der Waals surface area contributed by atoms with Gasteiger partial charge in [-0.25, -0.2) is 0 Å². The van der Waals surface area contributed by atoms with Gasteiger partial charge in [0.1, 0.15) is 0 Å². The number of hydrogen-bond acceptors (Lipinski definition) is 3. The second-order valence-electron chi connectivity index (χ2n) is 10.4. The van der Waals surface area contributed by atoms with Crippen LogP contribution in [0, 0.1) is 23.2 Å². The van der Waals surface area contributed by atoms with Gasteiger partial charge in [0.25, 0.3) is 0 Å². The molecule has 4 aliphatic carbocycles. The van der Waals surface area contributed by atoms with E-state index in [0.717, 1.165) is 54.8 Å². The zero-order valence-electron chi connectivity index (χ0n) is 16.9. The Morgan fingerprint density at radius 1 is 1.11 bits per heavy atom. The van der Waals surface area contributed by atoms with Gasteiger partial charge in [0.05, 0.1) is 0 Å². The van der Waals surface area contributed by atoms with Crippen LogP contribution in [0.4, 0.5) is 5.69 Å². The number of allylic oxidation sites excluding steroid dienone is 1. The lowest BCUT2D eigenvalue weighted by molar-refractivity contribution is -0.138. The van der Waals surface area contributed by atoms with Crippen LogP contribution in [-0.2, 0) is 11.2 Å². The van der Waals surface area contributed by atoms with Gasteiger partial charge in [-0.3, -0.25) is 4.79 Å². The van der Waals surface area contributed by atoms with Crippen molar-refractivity contribution in [2.45, 2.75) is 64.3 Å². The Morgan fingerprint density at radius 3 is 2.33 bits per heavy atom. The van der Waals surface area contributed by atoms with E-state index in [2.05, 4.69) is 42.7 Å². The SMILES string of the molecule is CNc1ccc2c(c1)C(=CC(=O)C13CC4CC(CC(C4)C1)C3)NC(C)(C)C2. The summed E-state index contributed by atoms with van der Waals surface area (Å²) in [6, 6.07) is 6.54. The molecule has 144 valence electrons. The van der Waals surface area contributed by atoms with Crippen LogP contribution in [0.2, 0.25) is 0 Å². The molecule has 1 heterocycles. The lowest BCUT2D eigenvalue weighted by atomic mass is 9.48. The van der Waals surface area contributed by atoms with Gasteiger partial charge in [0.15, 0.2) is 5.78 Å². The number of hydrogen-bond donors (Lipinski definition) is 2. The van der Waals surface area contributed by atoms with Crippen molar-refractivity contribution in [3.8, 4) is 0 Å². The van der Waals surface area contributed by atoms with E-state index in [-0.39, 0.29) is 11.0 Å². The maximum absolute atomic E-state index is 13.6. The van der Waals surface area contributed by atoms with Crippen molar-refractivity contribution in [3.63, 3.8) is 0 Å². The molecule has 1 aliphatic heterocycles. The van der Waals surface area contributed by atoms with Crippen LogP contribution in [0.1, 0.15) is 63.5 Å². The number of carbonyl (C=O) groups excluding carboxylic acids is 1. The first-order chi connectivity index (χ1) is 12.9. The van der Waals surface area contributed by atoms with Gasteiger partial charge < -0.3 is 10.6 Å². The minimum Gasteiger partial charge on any atom is -0.388 e. The third-order valence-corrected chi connectivity index (χ3v) is 7.63. The van der Waals surface area contributed by atoms with E-state index in [1.165, 1.54) is 30.4 Å². The van der Waals surface area contributed by atoms with E-state index in [0.29, 0.717) is 5.78 Å². The molecule has 0 unspecified atom stereocenters. The summed E-state index contributed by atoms with van der Waals surface area (Å²) in [6.45, 7) is 4.45. The van der Waals surface area contributed by atoms with Crippen LogP contribution >= 0.6 is 0 Å². The summed E-state index contributed by atoms with van der Waals surface area (Å²) in [7, 11) is 1.95. The lowest BCUT2D eigenvalue weighted by Crippen LogP contribution is -2.50. The maximum atomic E-state index is 13.6. The average Bonchev–Trinajstić information content (AvgIpc) is 2.59. The van der Waals surface area contributed by atoms with Gasteiger partial charge in [-0.1, -0.05) is 6.07 Å². The summed E-state index contributed by atoms with van der Waals surface area (Å²) in [5, 5.41) is 6.92. The van der Waals surface area contributed by atoms with Crippen LogP contribution in [0.3, 0.4) is 0 Å². The van der Waals surface area contributed by atoms with Crippen molar-refractivity contribution in [2.24, 2.45) is 23.2 Å². The summed E-state index contributed by atoms with van der Waals surface area (Å²) in [4.78, 5) is 13.6. The molecule has 3 nitrogen and oxygen atoms in total. The number of benzene rings is 1. The second-order valence-corrected chi connectivity index (χ2v) is 10.4. The Bertz CT molecular complexity index is 784. The van der Waals surface area contributed by atoms with Gasteiger partial charge >= 0.3 is 0 Å². The second kappa shape index (κ2) is 5.86. The Balaban J connectivity index is 1.52. The molecule has 0 spiro atoms. The van der Waals surface area contributed by atoms with Crippen LogP contribution < -0.4 is 10.6 Å². The number of nitrogens with one attached hydrogen (secondary N) is 2. The van der Waals surface area contributed by atoms with Crippen molar-refractivity contribution in [1.29, 1.82) is 0 Å². The van der Waals surface area contributed by atoms with Gasteiger partial charge in [-0.05, 0) is 94.2 Å². The van der Waals surface area contributed by atoms with E-state index in [1.54, 1.807) is 0 Å². The topological polar surface area (TPSA) is 41.1 Å². The molecule has 0 saturated heterocycles. The van der Waals surface area contributed by atoms with Crippen LogP contribution in [-0.4, -0.2) is 18.4 Å². The monoisotopic (exact) mass is 364 g/mol. The molecule has 0 amide bonds. The number of fused-ring (bicyclic) bond motifs is 1. The predicted molar refractivity (Wildman–Crippen MR) is 110 cm³/mol. The fourth-order valence-corrected chi connectivity index (χ4v) is 6.90. The first-order valence-electron chi connectivity index (χ1n) is 10.7. The van der Waals surface area contributed by atoms with Crippen LogP contribution in [0.15, 0.2) is 24.3 Å². The molecule has 4 fully saturated rings. The number of rotatable bonds is 3. The van der Waals surface area contributed by atoms with Crippen molar-refractivity contribution < 1.29 is 4.79 Å². The highest BCUT2D eigenvalue weighted by molar-refractivity contribution is 6.01. The first kappa shape index (κ1) is 17.3. The molecule has 0 atom stereocenters. The summed E-state index contributed by atoms with van der Waals surface area (Å²) < 4.78 is 0. The normalized spacial score (nSPS) is 37.0. The largest absolute Gasteiger partial charge is 0.388 e. The van der Waals surface area contributed by atoms with Crippen molar-refractivity contribution in [2.75, 3.05) is 12.4 Å². The van der Waals surface area contributed by atoms with Gasteiger partial charge in [-0.15, -0.1) is 0 Å². The smallest absolute Gasteiger partial charge is 0.163 e. The molecule has 2 N–H and O–H groups in total. The minimum absolute atomic E-state index is 0.0260. The molecular formula is C24H32N2O. The molecule has 1 aromatic rings. The lowest BCUT2D eigenvalue weighted by Gasteiger charge is -2.55. The van der Waals surface area contributed by atoms with Crippen LogP contribution in [0.5, 0.6) is 0 Å². The van der Waals surface area contributed by atoms with E-state index < -0.39 is 0 Å². The highest BCUT2D eigenvalue weighted by Crippen LogP contribution is 2.60. The van der Waals surface area contributed by atoms with Crippen molar-refractivity contribution in [3.05, 3.63) is 35.4 Å². The quantitative estimate of drug-likeness (QED) is 0.759. The highest BCUT2D eigenvalue weighted by atomic mass is 16.1. The first-order valence-corrected chi connectivity index (χ1v) is 10.7. The third kappa shape index (κ3) is 2.90. The van der Waals surface area contributed by atoms with Crippen molar-refractivity contribution in [1.82, 2.24) is 5.32 Å². The third-order valence-electron chi connectivity index (χ3n) is 7.63. The molecule has 3 heteroatoms. The number of ketones is 1. The molecule has 27 heavy (non-hydrogen) atoms. The van der Waals surface area contributed by atoms with E-state index in [4.69, 9.17) is 0 Å². The Labute approximate surface area is 163 Å². The van der Waals surface area contributed by atoms with Crippen LogP contribution in [0.25, 0.3) is 5.70 Å². The molecule has 1 aromatic carbocycles. The van der Waals surface area contributed by atoms with Gasteiger partial charge in [0, 0.05) is 41.0 Å². The fraction of sp³-hybridized carbons (Fsp3) is 0.625. The van der Waals surface area contributed by atoms with E-state index in [9.17, 15) is 4.79 Å². The molecule has 4 bridgehead atoms. The highest BCUT2D eigenvalue weighted by Gasteiger charge is 2.54. The summed E-state index contributed by atoms with van der Waals surface area (Å²) in [5.41, 5.74) is 4.57. The summed E-state index contributed by atoms with van der Waals surface area (Å²) in [5.74, 6) is 2.80. The predicted octanol–water partition coefficient (Wildman–Crippen LogP) is 4.78. The summed E-state index contributed by atoms with van der Waals surface area (Å²) >= 11 is 0. The molecular weight excluding hydrogens is 332 g/mol. The summed E-state index contributed by atoms with van der Waals surface area (Å²) in [6.07, 6.45) is 10.5. The molecule has 5 aliphatic rings. The average molecular weight is 365 g/mol. The Morgan fingerprint density at radius 2 is 1.74 bits per heavy atom.